The Kier molecular flexibility index (Phi) is 5.32. The van der Waals surface area contributed by atoms with Gasteiger partial charge in [-0.1, -0.05) is 48.5 Å². The van der Waals surface area contributed by atoms with Gasteiger partial charge in [0.1, 0.15) is 17.2 Å². The predicted molar refractivity (Wildman–Crippen MR) is 133 cm³/mol. The van der Waals surface area contributed by atoms with Gasteiger partial charge in [-0.25, -0.2) is 18.2 Å². The Balaban J connectivity index is 1.41. The summed E-state index contributed by atoms with van der Waals surface area (Å²) in [6.45, 7) is 3.01. The molecule has 9 heteroatoms. The van der Waals surface area contributed by atoms with E-state index in [1.807, 2.05) is 65.9 Å². The van der Waals surface area contributed by atoms with Gasteiger partial charge in [0, 0.05) is 36.6 Å². The van der Waals surface area contributed by atoms with E-state index in [-0.39, 0.29) is 12.6 Å². The second-order valence-corrected chi connectivity index (χ2v) is 8.87. The zero-order valence-electron chi connectivity index (χ0n) is 19.5. The molecular weight excluding hydrogens is 462 g/mol. The Labute approximate surface area is 205 Å². The molecule has 2 aromatic heterocycles. The largest absolute Gasteiger partial charge is 0.338 e. The first-order valence-electron chi connectivity index (χ1n) is 11.7. The highest BCUT2D eigenvalue weighted by Crippen LogP contribution is 2.30. The quantitative estimate of drug-likeness (QED) is 0.375. The maximum absolute atomic E-state index is 14.3. The molecule has 0 spiro atoms. The molecule has 3 aromatic carbocycles. The van der Waals surface area contributed by atoms with E-state index in [1.54, 1.807) is 0 Å². The monoisotopic (exact) mass is 484 g/mol. The fraction of sp³-hybridized carbons (Fsp3) is 0.185. The highest BCUT2D eigenvalue weighted by Gasteiger charge is 2.33. The van der Waals surface area contributed by atoms with E-state index in [0.29, 0.717) is 30.5 Å². The van der Waals surface area contributed by atoms with Gasteiger partial charge < -0.3 is 9.80 Å². The predicted octanol–water partition coefficient (Wildman–Crippen LogP) is 4.57. The van der Waals surface area contributed by atoms with Crippen LogP contribution in [0.3, 0.4) is 0 Å². The number of piperazine rings is 1. The number of rotatable bonds is 3. The number of aromatic nitrogens is 4. The Morgan fingerprint density at radius 3 is 2.36 bits per heavy atom. The number of hydrogen-bond donors (Lipinski definition) is 0. The Bertz CT molecular complexity index is 1580. The van der Waals surface area contributed by atoms with E-state index >= 15 is 0 Å². The Morgan fingerprint density at radius 1 is 0.889 bits per heavy atom. The van der Waals surface area contributed by atoms with Crippen molar-refractivity contribution >= 4 is 28.4 Å². The van der Waals surface area contributed by atoms with E-state index in [9.17, 15) is 13.6 Å². The third kappa shape index (κ3) is 3.55. The molecule has 3 heterocycles. The van der Waals surface area contributed by atoms with E-state index in [1.165, 1.54) is 11.0 Å². The van der Waals surface area contributed by atoms with Gasteiger partial charge in [0.15, 0.2) is 11.5 Å². The average molecular weight is 485 g/mol. The van der Waals surface area contributed by atoms with Crippen LogP contribution >= 0.6 is 0 Å². The van der Waals surface area contributed by atoms with Crippen molar-refractivity contribution < 1.29 is 13.6 Å². The highest BCUT2D eigenvalue weighted by molar-refractivity contribution is 5.95. The number of benzene rings is 3. The zero-order chi connectivity index (χ0) is 24.8. The first kappa shape index (κ1) is 22.1. The Morgan fingerprint density at radius 2 is 1.61 bits per heavy atom. The molecule has 180 valence electrons. The van der Waals surface area contributed by atoms with E-state index in [0.717, 1.165) is 28.6 Å². The second kappa shape index (κ2) is 8.67. The standard InChI is InChI=1S/C27H22F2N6O/c1-17-16-33(14-15-34(17)26(36)23-20(28)11-7-12-21(23)29)27-30-22-13-6-5-10-19(22)25-32-31-24(35(25)27)18-8-3-2-4-9-18/h2-13,17H,14-16H2,1H3/t17-/m1/s1. The van der Waals surface area contributed by atoms with Crippen LogP contribution in [0.2, 0.25) is 0 Å². The number of nitrogens with zero attached hydrogens (tertiary/aromatic N) is 6. The van der Waals surface area contributed by atoms with Crippen molar-refractivity contribution in [2.75, 3.05) is 24.5 Å². The molecule has 0 N–H and O–H groups in total. The van der Waals surface area contributed by atoms with E-state index in [4.69, 9.17) is 4.98 Å². The molecule has 0 bridgehead atoms. The first-order chi connectivity index (χ1) is 17.5. The van der Waals surface area contributed by atoms with Crippen molar-refractivity contribution in [1.29, 1.82) is 0 Å². The molecule has 1 amide bonds. The van der Waals surface area contributed by atoms with Gasteiger partial charge in [-0.2, -0.15) is 0 Å². The molecule has 0 radical (unpaired) electrons. The molecular formula is C27H22F2N6O. The molecule has 1 aliphatic heterocycles. The fourth-order valence-electron chi connectivity index (χ4n) is 4.84. The molecule has 1 saturated heterocycles. The van der Waals surface area contributed by atoms with Gasteiger partial charge in [0.2, 0.25) is 5.95 Å². The first-order valence-corrected chi connectivity index (χ1v) is 11.7. The molecule has 5 aromatic rings. The van der Waals surface area contributed by atoms with Crippen LogP contribution in [0.4, 0.5) is 14.7 Å². The Hall–Kier alpha value is -4.40. The summed E-state index contributed by atoms with van der Waals surface area (Å²) in [6.07, 6.45) is 0. The smallest absolute Gasteiger partial charge is 0.260 e. The second-order valence-electron chi connectivity index (χ2n) is 8.87. The minimum Gasteiger partial charge on any atom is -0.338 e. The minimum absolute atomic E-state index is 0.284. The van der Waals surface area contributed by atoms with Gasteiger partial charge in [0.25, 0.3) is 5.91 Å². The highest BCUT2D eigenvalue weighted by atomic mass is 19.1. The fourth-order valence-corrected chi connectivity index (χ4v) is 4.84. The van der Waals surface area contributed by atoms with Gasteiger partial charge in [-0.05, 0) is 31.2 Å². The summed E-state index contributed by atoms with van der Waals surface area (Å²) >= 11 is 0. The summed E-state index contributed by atoms with van der Waals surface area (Å²) in [5, 5.41) is 9.87. The summed E-state index contributed by atoms with van der Waals surface area (Å²) < 4.78 is 30.5. The number of carbonyl (C=O) groups is 1. The molecule has 1 fully saturated rings. The summed E-state index contributed by atoms with van der Waals surface area (Å²) in [7, 11) is 0. The third-order valence-electron chi connectivity index (χ3n) is 6.61. The summed E-state index contributed by atoms with van der Waals surface area (Å²) in [5.74, 6) is -1.04. The summed E-state index contributed by atoms with van der Waals surface area (Å²) in [5.41, 5.74) is 1.86. The number of para-hydroxylation sites is 1. The normalized spacial score (nSPS) is 16.1. The molecule has 0 unspecified atom stereocenters. The maximum atomic E-state index is 14.3. The van der Waals surface area contributed by atoms with Crippen LogP contribution in [-0.2, 0) is 0 Å². The van der Waals surface area contributed by atoms with Crippen molar-refractivity contribution in [3.8, 4) is 11.4 Å². The number of hydrogen-bond acceptors (Lipinski definition) is 5. The number of fused-ring (bicyclic) bond motifs is 3. The SMILES string of the molecule is C[C@@H]1CN(c2nc3ccccc3c3nnc(-c4ccccc4)n23)CCN1C(=O)c1c(F)cccc1F. The van der Waals surface area contributed by atoms with Crippen LogP contribution < -0.4 is 4.90 Å². The zero-order valence-corrected chi connectivity index (χ0v) is 19.5. The average Bonchev–Trinajstić information content (AvgIpc) is 3.34. The molecule has 36 heavy (non-hydrogen) atoms. The topological polar surface area (TPSA) is 66.6 Å². The number of halogens is 2. The molecule has 7 nitrogen and oxygen atoms in total. The molecule has 0 aliphatic carbocycles. The molecule has 1 atom stereocenters. The lowest BCUT2D eigenvalue weighted by Gasteiger charge is -2.40. The van der Waals surface area contributed by atoms with Crippen molar-refractivity contribution in [2.45, 2.75) is 13.0 Å². The van der Waals surface area contributed by atoms with Crippen molar-refractivity contribution in [1.82, 2.24) is 24.5 Å². The van der Waals surface area contributed by atoms with Gasteiger partial charge >= 0.3 is 0 Å². The third-order valence-corrected chi connectivity index (χ3v) is 6.61. The van der Waals surface area contributed by atoms with Crippen LogP contribution in [0.5, 0.6) is 0 Å². The minimum atomic E-state index is -0.857. The van der Waals surface area contributed by atoms with Gasteiger partial charge in [-0.3, -0.25) is 4.79 Å². The lowest BCUT2D eigenvalue weighted by molar-refractivity contribution is 0.0663. The molecule has 0 saturated carbocycles. The van der Waals surface area contributed by atoms with Crippen LogP contribution in [0.25, 0.3) is 27.9 Å². The summed E-state index contributed by atoms with van der Waals surface area (Å²) in [4.78, 5) is 21.6. The molecule has 1 aliphatic rings. The van der Waals surface area contributed by atoms with Crippen molar-refractivity contribution in [2.24, 2.45) is 0 Å². The summed E-state index contributed by atoms with van der Waals surface area (Å²) in [6, 6.07) is 20.7. The lowest BCUT2D eigenvalue weighted by atomic mass is 10.1. The van der Waals surface area contributed by atoms with Crippen LogP contribution in [0, 0.1) is 11.6 Å². The van der Waals surface area contributed by atoms with Crippen LogP contribution in [0.1, 0.15) is 17.3 Å². The van der Waals surface area contributed by atoms with Crippen molar-refractivity contribution in [3.63, 3.8) is 0 Å². The number of carbonyl (C=O) groups excluding carboxylic acids is 1. The van der Waals surface area contributed by atoms with E-state index < -0.39 is 23.1 Å². The number of anilines is 1. The van der Waals surface area contributed by atoms with Crippen molar-refractivity contribution in [3.05, 3.63) is 90.0 Å². The number of amides is 1. The van der Waals surface area contributed by atoms with Gasteiger partial charge in [0.05, 0.1) is 5.52 Å². The van der Waals surface area contributed by atoms with Gasteiger partial charge in [-0.15, -0.1) is 10.2 Å². The lowest BCUT2D eigenvalue weighted by Crippen LogP contribution is -2.55. The van der Waals surface area contributed by atoms with Crippen LogP contribution in [-0.4, -0.2) is 56.1 Å². The van der Waals surface area contributed by atoms with Crippen LogP contribution in [0.15, 0.2) is 72.8 Å². The molecule has 6 rings (SSSR count). The van der Waals surface area contributed by atoms with E-state index in [2.05, 4.69) is 15.1 Å². The maximum Gasteiger partial charge on any atom is 0.260 e.